The number of aromatic nitrogens is 3. The second-order valence-corrected chi connectivity index (χ2v) is 2.34. The molecule has 0 fully saturated rings. The van der Waals surface area contributed by atoms with Gasteiger partial charge in [0.15, 0.2) is 4.64 Å². The Morgan fingerprint density at radius 2 is 2.58 bits per heavy atom. The van der Waals surface area contributed by atoms with E-state index in [-0.39, 0.29) is 16.9 Å². The average Bonchev–Trinajstić information content (AvgIpc) is 2.34. The van der Waals surface area contributed by atoms with Crippen molar-refractivity contribution in [3.63, 3.8) is 0 Å². The summed E-state index contributed by atoms with van der Waals surface area (Å²) in [5, 5.41) is 5.88. The van der Waals surface area contributed by atoms with Gasteiger partial charge in [0.25, 0.3) is 0 Å². The topological polar surface area (TPSA) is 85.9 Å². The molecule has 0 aliphatic carbocycles. The molecule has 0 amide bonds. The minimum absolute atomic E-state index is 0.0364. The van der Waals surface area contributed by atoms with Gasteiger partial charge in [0.05, 0.1) is 6.61 Å². The molecule has 0 aromatic carbocycles. The van der Waals surface area contributed by atoms with Crippen LogP contribution in [0, 0.1) is 4.64 Å². The van der Waals surface area contributed by atoms with Crippen molar-refractivity contribution in [2.45, 2.75) is 6.92 Å². The van der Waals surface area contributed by atoms with Gasteiger partial charge in [-0.1, -0.05) is 12.2 Å². The Bertz CT molecular complexity index is 341. The molecule has 0 aliphatic heterocycles. The molecule has 12 heavy (non-hydrogen) atoms. The van der Waals surface area contributed by atoms with Crippen molar-refractivity contribution >= 4 is 18.2 Å². The number of carbonyl (C=O) groups excluding carboxylic acids is 1. The lowest BCUT2D eigenvalue weighted by molar-refractivity contribution is 0.0518. The molecule has 1 heterocycles. The largest absolute Gasteiger partial charge is 0.461 e. The van der Waals surface area contributed by atoms with Crippen molar-refractivity contribution in [3.05, 3.63) is 10.3 Å². The zero-order valence-electron chi connectivity index (χ0n) is 6.40. The number of hydrogen-bond donors (Lipinski definition) is 2. The fourth-order valence-electron chi connectivity index (χ4n) is 0.644. The highest BCUT2D eigenvalue weighted by atomic mass is 32.1. The number of aromatic amines is 1. The summed E-state index contributed by atoms with van der Waals surface area (Å²) in [7, 11) is 0. The van der Waals surface area contributed by atoms with E-state index < -0.39 is 5.97 Å². The summed E-state index contributed by atoms with van der Waals surface area (Å²) in [6.07, 6.45) is 0. The molecule has 0 aliphatic rings. The first-order chi connectivity index (χ1) is 5.66. The Hall–Kier alpha value is -1.37. The fraction of sp³-hybridized carbons (Fsp3) is 0.400. The number of rotatable bonds is 2. The van der Waals surface area contributed by atoms with Crippen molar-refractivity contribution in [1.29, 1.82) is 0 Å². The number of nitrogens with two attached hydrogens (primary N) is 1. The summed E-state index contributed by atoms with van der Waals surface area (Å²) in [6.45, 7) is 1.98. The molecule has 0 spiro atoms. The Labute approximate surface area is 73.3 Å². The number of nitrogen functional groups attached to an aromatic ring is 1. The van der Waals surface area contributed by atoms with E-state index in [0.29, 0.717) is 0 Å². The zero-order chi connectivity index (χ0) is 9.14. The Kier molecular flexibility index (Phi) is 2.44. The van der Waals surface area contributed by atoms with Crippen LogP contribution in [0.2, 0.25) is 0 Å². The predicted molar refractivity (Wildman–Crippen MR) is 43.5 cm³/mol. The van der Waals surface area contributed by atoms with Crippen LogP contribution in [0.3, 0.4) is 0 Å². The lowest BCUT2D eigenvalue weighted by atomic mass is 10.5. The maximum Gasteiger partial charge on any atom is 0.362 e. The third-order valence-corrected chi connectivity index (χ3v) is 1.55. The van der Waals surface area contributed by atoms with Gasteiger partial charge < -0.3 is 10.6 Å². The van der Waals surface area contributed by atoms with Crippen LogP contribution >= 0.6 is 12.2 Å². The van der Waals surface area contributed by atoms with Crippen molar-refractivity contribution in [2.75, 3.05) is 12.4 Å². The van der Waals surface area contributed by atoms with Crippen molar-refractivity contribution in [3.8, 4) is 0 Å². The third kappa shape index (κ3) is 1.45. The zero-order valence-corrected chi connectivity index (χ0v) is 7.22. The molecule has 0 bridgehead atoms. The van der Waals surface area contributed by atoms with Crippen LogP contribution < -0.4 is 5.84 Å². The molecule has 6 nitrogen and oxygen atoms in total. The SMILES string of the molecule is CCOC(=O)c1n[nH]n(N)c1=S. The van der Waals surface area contributed by atoms with Crippen LogP contribution in [0.5, 0.6) is 0 Å². The molecule has 3 N–H and O–H groups in total. The summed E-state index contributed by atoms with van der Waals surface area (Å²) < 4.78 is 4.80. The molecular formula is C5H8N4O2S. The second-order valence-electron chi connectivity index (χ2n) is 1.96. The van der Waals surface area contributed by atoms with Crippen LogP contribution in [-0.2, 0) is 4.74 Å². The van der Waals surface area contributed by atoms with E-state index in [4.69, 9.17) is 18.1 Å². The van der Waals surface area contributed by atoms with Gasteiger partial charge in [0.1, 0.15) is 0 Å². The van der Waals surface area contributed by atoms with Gasteiger partial charge in [-0.2, -0.15) is 10.0 Å². The highest BCUT2D eigenvalue weighted by Crippen LogP contribution is 1.97. The van der Waals surface area contributed by atoms with Crippen LogP contribution in [0.4, 0.5) is 0 Å². The van der Waals surface area contributed by atoms with Crippen LogP contribution in [0.15, 0.2) is 0 Å². The third-order valence-electron chi connectivity index (χ3n) is 1.16. The van der Waals surface area contributed by atoms with E-state index in [1.54, 1.807) is 6.92 Å². The van der Waals surface area contributed by atoms with Gasteiger partial charge >= 0.3 is 5.97 Å². The van der Waals surface area contributed by atoms with E-state index in [1.807, 2.05) is 0 Å². The number of esters is 1. The Morgan fingerprint density at radius 3 is 3.00 bits per heavy atom. The number of H-pyrrole nitrogens is 1. The molecule has 66 valence electrons. The van der Waals surface area contributed by atoms with Gasteiger partial charge in [-0.3, -0.25) is 0 Å². The smallest absolute Gasteiger partial charge is 0.362 e. The predicted octanol–water partition coefficient (Wildman–Crippen LogP) is -0.169. The number of nitrogens with zero attached hydrogens (tertiary/aromatic N) is 2. The monoisotopic (exact) mass is 188 g/mol. The van der Waals surface area contributed by atoms with Crippen molar-refractivity contribution in [1.82, 2.24) is 15.1 Å². The first-order valence-corrected chi connectivity index (χ1v) is 3.67. The lowest BCUT2D eigenvalue weighted by Crippen LogP contribution is -2.10. The van der Waals surface area contributed by atoms with Gasteiger partial charge in [-0.25, -0.2) is 4.79 Å². The number of carbonyl (C=O) groups is 1. The standard InChI is InChI=1S/C5H8N4O2S/c1-2-11-5(10)3-4(12)9(6)8-7-3/h8H,2,6H2,1H3. The lowest BCUT2D eigenvalue weighted by Gasteiger charge is -1.94. The molecule has 0 atom stereocenters. The Balaban J connectivity index is 2.96. The van der Waals surface area contributed by atoms with E-state index in [1.165, 1.54) is 0 Å². The average molecular weight is 188 g/mol. The van der Waals surface area contributed by atoms with E-state index >= 15 is 0 Å². The van der Waals surface area contributed by atoms with Gasteiger partial charge in [-0.15, -0.1) is 5.10 Å². The van der Waals surface area contributed by atoms with Crippen molar-refractivity contribution in [2.24, 2.45) is 0 Å². The molecule has 0 unspecified atom stereocenters. The van der Waals surface area contributed by atoms with Gasteiger partial charge in [0.2, 0.25) is 5.69 Å². The maximum absolute atomic E-state index is 11.0. The van der Waals surface area contributed by atoms with Crippen molar-refractivity contribution < 1.29 is 9.53 Å². The summed E-state index contributed by atoms with van der Waals surface area (Å²) in [5.41, 5.74) is 0.0364. The van der Waals surface area contributed by atoms with Gasteiger partial charge in [-0.05, 0) is 6.92 Å². The number of ether oxygens (including phenoxy) is 1. The summed E-state index contributed by atoms with van der Waals surface area (Å²) in [5.74, 6) is 4.69. The fourth-order valence-corrected chi connectivity index (χ4v) is 0.813. The summed E-state index contributed by atoms with van der Waals surface area (Å²) >= 11 is 4.76. The summed E-state index contributed by atoms with van der Waals surface area (Å²) in [6, 6.07) is 0. The molecule has 1 aromatic heterocycles. The molecule has 0 saturated heterocycles. The molecule has 7 heteroatoms. The quantitative estimate of drug-likeness (QED) is 0.382. The van der Waals surface area contributed by atoms with E-state index in [2.05, 4.69) is 15.0 Å². The van der Waals surface area contributed by atoms with Crippen LogP contribution in [0.25, 0.3) is 0 Å². The highest BCUT2D eigenvalue weighted by molar-refractivity contribution is 7.71. The van der Waals surface area contributed by atoms with Gasteiger partial charge in [0, 0.05) is 0 Å². The first kappa shape index (κ1) is 8.72. The molecular weight excluding hydrogens is 180 g/mol. The molecule has 0 saturated carbocycles. The first-order valence-electron chi connectivity index (χ1n) is 3.26. The number of nitrogens with one attached hydrogen (secondary N) is 1. The normalized spacial score (nSPS) is 9.75. The van der Waals surface area contributed by atoms with Crippen LogP contribution in [-0.4, -0.2) is 27.7 Å². The maximum atomic E-state index is 11.0. The minimum Gasteiger partial charge on any atom is -0.461 e. The second kappa shape index (κ2) is 3.35. The molecule has 1 rings (SSSR count). The highest BCUT2D eigenvalue weighted by Gasteiger charge is 2.13. The van der Waals surface area contributed by atoms with E-state index in [9.17, 15) is 4.79 Å². The minimum atomic E-state index is -0.567. The summed E-state index contributed by atoms with van der Waals surface area (Å²) in [4.78, 5) is 12.0. The molecule has 0 radical (unpaired) electrons. The Morgan fingerprint density at radius 1 is 1.92 bits per heavy atom. The van der Waals surface area contributed by atoms with E-state index in [0.717, 1.165) is 4.79 Å². The number of hydrogen-bond acceptors (Lipinski definition) is 5. The molecule has 1 aromatic rings. The van der Waals surface area contributed by atoms with Crippen LogP contribution in [0.1, 0.15) is 17.4 Å².